The van der Waals surface area contributed by atoms with Crippen molar-refractivity contribution >= 4 is 11.6 Å². The number of nitrogens with zero attached hydrogens (tertiary/aromatic N) is 2. The maximum Gasteiger partial charge on any atom is 0.240 e. The first-order valence-corrected chi connectivity index (χ1v) is 8.29. The topological polar surface area (TPSA) is 54.5 Å². The van der Waals surface area contributed by atoms with Crippen LogP contribution in [0.2, 0.25) is 0 Å². The molecule has 0 radical (unpaired) electrons. The molecule has 0 fully saturated rings. The summed E-state index contributed by atoms with van der Waals surface area (Å²) in [5.41, 5.74) is 3.31. The first-order chi connectivity index (χ1) is 11.7. The van der Waals surface area contributed by atoms with Crippen molar-refractivity contribution in [2.24, 2.45) is 0 Å². The summed E-state index contributed by atoms with van der Waals surface area (Å²) in [6.45, 7) is 3.13. The lowest BCUT2D eigenvalue weighted by Crippen LogP contribution is -2.41. The standard InChI is InChI=1S/C19H23N3O2/c1-14(15-7-9-20-10-8-15)21-13-19(23)22-11-3-4-16-12-17(24-2)5-6-18(16)22/h5-10,12,14,21H,3-4,11,13H2,1-2H3/t14-/m0/s1. The molecule has 0 spiro atoms. The van der Waals surface area contributed by atoms with Crippen LogP contribution in [0.3, 0.4) is 0 Å². The van der Waals surface area contributed by atoms with Crippen LogP contribution in [-0.4, -0.2) is 31.1 Å². The number of carbonyl (C=O) groups excluding carboxylic acids is 1. The number of hydrogen-bond acceptors (Lipinski definition) is 4. The van der Waals surface area contributed by atoms with E-state index in [-0.39, 0.29) is 11.9 Å². The maximum atomic E-state index is 12.7. The molecule has 0 unspecified atom stereocenters. The van der Waals surface area contributed by atoms with Gasteiger partial charge in [-0.05, 0) is 61.2 Å². The van der Waals surface area contributed by atoms with Gasteiger partial charge in [-0.2, -0.15) is 0 Å². The van der Waals surface area contributed by atoms with Gasteiger partial charge in [0.15, 0.2) is 0 Å². The number of hydrogen-bond donors (Lipinski definition) is 1. The van der Waals surface area contributed by atoms with Gasteiger partial charge in [0, 0.05) is 30.7 Å². The number of pyridine rings is 1. The zero-order valence-corrected chi connectivity index (χ0v) is 14.2. The van der Waals surface area contributed by atoms with E-state index >= 15 is 0 Å². The third-order valence-corrected chi connectivity index (χ3v) is 4.47. The third-order valence-electron chi connectivity index (χ3n) is 4.47. The van der Waals surface area contributed by atoms with Crippen molar-refractivity contribution in [3.05, 3.63) is 53.9 Å². The van der Waals surface area contributed by atoms with Crippen LogP contribution in [-0.2, 0) is 11.2 Å². The molecule has 1 aliphatic heterocycles. The van der Waals surface area contributed by atoms with E-state index in [4.69, 9.17) is 4.74 Å². The molecule has 126 valence electrons. The molecule has 1 aromatic carbocycles. The fourth-order valence-electron chi connectivity index (χ4n) is 3.07. The highest BCUT2D eigenvalue weighted by Crippen LogP contribution is 2.30. The minimum absolute atomic E-state index is 0.0991. The molecule has 0 saturated heterocycles. The zero-order valence-electron chi connectivity index (χ0n) is 14.2. The second-order valence-electron chi connectivity index (χ2n) is 6.03. The number of amides is 1. The number of methoxy groups -OCH3 is 1. The summed E-state index contributed by atoms with van der Waals surface area (Å²) in [6, 6.07) is 9.96. The summed E-state index contributed by atoms with van der Waals surface area (Å²) < 4.78 is 5.28. The molecule has 0 bridgehead atoms. The van der Waals surface area contributed by atoms with Gasteiger partial charge < -0.3 is 15.0 Å². The van der Waals surface area contributed by atoms with Crippen LogP contribution in [0.5, 0.6) is 5.75 Å². The highest BCUT2D eigenvalue weighted by Gasteiger charge is 2.23. The minimum Gasteiger partial charge on any atom is -0.497 e. The summed E-state index contributed by atoms with van der Waals surface area (Å²) >= 11 is 0. The van der Waals surface area contributed by atoms with E-state index in [9.17, 15) is 4.79 Å². The number of fused-ring (bicyclic) bond motifs is 1. The van der Waals surface area contributed by atoms with Crippen LogP contribution in [0.25, 0.3) is 0 Å². The summed E-state index contributed by atoms with van der Waals surface area (Å²) in [6.07, 6.45) is 5.50. The monoisotopic (exact) mass is 325 g/mol. The van der Waals surface area contributed by atoms with Crippen molar-refractivity contribution in [2.45, 2.75) is 25.8 Å². The molecule has 1 aliphatic rings. The van der Waals surface area contributed by atoms with E-state index in [1.807, 2.05) is 35.2 Å². The smallest absolute Gasteiger partial charge is 0.240 e. The highest BCUT2D eigenvalue weighted by atomic mass is 16.5. The van der Waals surface area contributed by atoms with Gasteiger partial charge in [0.25, 0.3) is 0 Å². The van der Waals surface area contributed by atoms with E-state index in [2.05, 4.69) is 17.2 Å². The molecule has 1 aromatic heterocycles. The van der Waals surface area contributed by atoms with Gasteiger partial charge in [-0.3, -0.25) is 9.78 Å². The number of ether oxygens (including phenoxy) is 1. The number of benzene rings is 1. The van der Waals surface area contributed by atoms with Crippen molar-refractivity contribution in [1.29, 1.82) is 0 Å². The normalized spacial score (nSPS) is 14.8. The summed E-state index contributed by atoms with van der Waals surface area (Å²) in [4.78, 5) is 18.6. The quantitative estimate of drug-likeness (QED) is 0.918. The van der Waals surface area contributed by atoms with Crippen molar-refractivity contribution < 1.29 is 9.53 Å². The zero-order chi connectivity index (χ0) is 16.9. The van der Waals surface area contributed by atoms with E-state index < -0.39 is 0 Å². The van der Waals surface area contributed by atoms with Crippen molar-refractivity contribution in [3.63, 3.8) is 0 Å². The third kappa shape index (κ3) is 3.57. The van der Waals surface area contributed by atoms with Gasteiger partial charge in [-0.15, -0.1) is 0 Å². The van der Waals surface area contributed by atoms with Crippen LogP contribution in [0.15, 0.2) is 42.7 Å². The Hall–Kier alpha value is -2.40. The van der Waals surface area contributed by atoms with Crippen molar-refractivity contribution in [2.75, 3.05) is 25.1 Å². The molecule has 5 nitrogen and oxygen atoms in total. The first-order valence-electron chi connectivity index (χ1n) is 8.29. The van der Waals surface area contributed by atoms with Gasteiger partial charge in [-0.25, -0.2) is 0 Å². The lowest BCUT2D eigenvalue weighted by atomic mass is 10.0. The van der Waals surface area contributed by atoms with Gasteiger partial charge in [0.1, 0.15) is 5.75 Å². The minimum atomic E-state index is 0.0991. The lowest BCUT2D eigenvalue weighted by molar-refractivity contribution is -0.118. The summed E-state index contributed by atoms with van der Waals surface area (Å²) in [7, 11) is 1.66. The van der Waals surface area contributed by atoms with Crippen LogP contribution in [0.4, 0.5) is 5.69 Å². The Balaban J connectivity index is 1.66. The van der Waals surface area contributed by atoms with Crippen molar-refractivity contribution in [1.82, 2.24) is 10.3 Å². The number of aryl methyl sites for hydroxylation is 1. The van der Waals surface area contributed by atoms with Crippen LogP contribution in [0, 0.1) is 0 Å². The van der Waals surface area contributed by atoms with E-state index in [0.29, 0.717) is 6.54 Å². The predicted octanol–water partition coefficient (Wildman–Crippen LogP) is 2.72. The Morgan fingerprint density at radius 3 is 2.88 bits per heavy atom. The number of rotatable bonds is 5. The van der Waals surface area contributed by atoms with Crippen LogP contribution < -0.4 is 15.0 Å². The molecule has 24 heavy (non-hydrogen) atoms. The number of aromatic nitrogens is 1. The Morgan fingerprint density at radius 1 is 1.33 bits per heavy atom. The highest BCUT2D eigenvalue weighted by molar-refractivity contribution is 5.96. The SMILES string of the molecule is COc1ccc2c(c1)CCCN2C(=O)CN[C@@H](C)c1ccncc1. The predicted molar refractivity (Wildman–Crippen MR) is 94.3 cm³/mol. The lowest BCUT2D eigenvalue weighted by Gasteiger charge is -2.30. The second-order valence-corrected chi connectivity index (χ2v) is 6.03. The summed E-state index contributed by atoms with van der Waals surface area (Å²) in [5.74, 6) is 0.939. The van der Waals surface area contributed by atoms with E-state index in [0.717, 1.165) is 36.4 Å². The first kappa shape index (κ1) is 16.5. The van der Waals surface area contributed by atoms with Gasteiger partial charge in [-0.1, -0.05) is 0 Å². The number of carbonyl (C=O) groups is 1. The average molecular weight is 325 g/mol. The Morgan fingerprint density at radius 2 is 2.12 bits per heavy atom. The molecule has 5 heteroatoms. The molecule has 1 N–H and O–H groups in total. The van der Waals surface area contributed by atoms with Gasteiger partial charge >= 0.3 is 0 Å². The number of nitrogens with one attached hydrogen (secondary N) is 1. The van der Waals surface area contributed by atoms with Gasteiger partial charge in [0.2, 0.25) is 5.91 Å². The summed E-state index contributed by atoms with van der Waals surface area (Å²) in [5, 5.41) is 3.31. The Kier molecular flexibility index (Phi) is 5.11. The second kappa shape index (κ2) is 7.45. The van der Waals surface area contributed by atoms with E-state index in [1.54, 1.807) is 19.5 Å². The molecule has 1 amide bonds. The van der Waals surface area contributed by atoms with Crippen molar-refractivity contribution in [3.8, 4) is 5.75 Å². The Bertz CT molecular complexity index is 703. The maximum absolute atomic E-state index is 12.7. The Labute approximate surface area is 142 Å². The molecular weight excluding hydrogens is 302 g/mol. The fraction of sp³-hybridized carbons (Fsp3) is 0.368. The molecule has 2 aromatic rings. The van der Waals surface area contributed by atoms with Gasteiger partial charge in [0.05, 0.1) is 13.7 Å². The van der Waals surface area contributed by atoms with Crippen LogP contribution in [0.1, 0.15) is 30.5 Å². The molecule has 0 saturated carbocycles. The number of anilines is 1. The van der Waals surface area contributed by atoms with E-state index in [1.165, 1.54) is 5.56 Å². The molecule has 2 heterocycles. The molecule has 3 rings (SSSR count). The largest absolute Gasteiger partial charge is 0.497 e. The molecule has 0 aliphatic carbocycles. The van der Waals surface area contributed by atoms with Crippen LogP contribution >= 0.6 is 0 Å². The molecular formula is C19H23N3O2. The molecule has 1 atom stereocenters. The fourth-order valence-corrected chi connectivity index (χ4v) is 3.07. The average Bonchev–Trinajstić information content (AvgIpc) is 2.65.